The lowest BCUT2D eigenvalue weighted by Gasteiger charge is -2.25. The molecule has 1 N–H and O–H groups in total. The van der Waals surface area contributed by atoms with E-state index >= 15 is 0 Å². The van der Waals surface area contributed by atoms with Crippen LogP contribution in [0.2, 0.25) is 0 Å². The van der Waals surface area contributed by atoms with Crippen LogP contribution in [0.1, 0.15) is 31.0 Å². The summed E-state index contributed by atoms with van der Waals surface area (Å²) in [7, 11) is 1.54. The second kappa shape index (κ2) is 10.7. The number of hydrogen-bond acceptors (Lipinski definition) is 4. The van der Waals surface area contributed by atoms with Gasteiger partial charge in [-0.15, -0.1) is 0 Å². The monoisotopic (exact) mass is 453 g/mol. The molecule has 1 aromatic heterocycles. The standard InChI is InChI=1S/C25H25F2N3O3/c1-16(2)22-10-9-20(15-28-22)30(3)24(31)23(13-17-11-18(26)14-19(27)12-17)29-25(32)33-21-7-5-4-6-8-21/h4-12,14-16,23H,13H2,1-3H3,(H,29,32)/t23-/m0/s1. The molecule has 0 aliphatic heterocycles. The van der Waals surface area contributed by atoms with Crippen LogP contribution in [0.3, 0.4) is 0 Å². The third-order valence-electron chi connectivity index (χ3n) is 4.99. The fraction of sp³-hybridized carbons (Fsp3) is 0.240. The summed E-state index contributed by atoms with van der Waals surface area (Å²) in [6.45, 7) is 4.01. The summed E-state index contributed by atoms with van der Waals surface area (Å²) in [4.78, 5) is 31.4. The van der Waals surface area contributed by atoms with E-state index in [0.717, 1.165) is 23.9 Å². The zero-order valence-corrected chi connectivity index (χ0v) is 18.6. The zero-order valence-electron chi connectivity index (χ0n) is 18.6. The molecule has 0 saturated heterocycles. The van der Waals surface area contributed by atoms with Crippen molar-refractivity contribution in [3.05, 3.63) is 89.8 Å². The zero-order chi connectivity index (χ0) is 24.0. The van der Waals surface area contributed by atoms with E-state index in [2.05, 4.69) is 10.3 Å². The summed E-state index contributed by atoms with van der Waals surface area (Å²) < 4.78 is 32.6. The van der Waals surface area contributed by atoms with Gasteiger partial charge in [-0.25, -0.2) is 13.6 Å². The molecule has 2 aromatic carbocycles. The van der Waals surface area contributed by atoms with Gasteiger partial charge < -0.3 is 15.0 Å². The molecule has 8 heteroatoms. The van der Waals surface area contributed by atoms with Crippen LogP contribution < -0.4 is 15.0 Å². The summed E-state index contributed by atoms with van der Waals surface area (Å²) in [5, 5.41) is 2.52. The SMILES string of the molecule is CC(C)c1ccc(N(C)C(=O)[C@H](Cc2cc(F)cc(F)c2)NC(=O)Oc2ccccc2)cn1. The van der Waals surface area contributed by atoms with Gasteiger partial charge in [0, 0.05) is 25.2 Å². The van der Waals surface area contributed by atoms with Gasteiger partial charge in [0.2, 0.25) is 5.91 Å². The van der Waals surface area contributed by atoms with Crippen LogP contribution in [-0.4, -0.2) is 30.1 Å². The largest absolute Gasteiger partial charge is 0.413 e. The number of likely N-dealkylation sites (N-methyl/N-ethyl adjacent to an activating group) is 1. The maximum atomic E-state index is 13.7. The van der Waals surface area contributed by atoms with Gasteiger partial charge in [-0.3, -0.25) is 9.78 Å². The van der Waals surface area contributed by atoms with Crippen molar-refractivity contribution in [1.29, 1.82) is 0 Å². The minimum Gasteiger partial charge on any atom is -0.410 e. The predicted molar refractivity (Wildman–Crippen MR) is 121 cm³/mol. The molecule has 2 amide bonds. The minimum absolute atomic E-state index is 0.140. The highest BCUT2D eigenvalue weighted by atomic mass is 19.1. The lowest BCUT2D eigenvalue weighted by atomic mass is 10.0. The van der Waals surface area contributed by atoms with E-state index < -0.39 is 29.7 Å². The molecule has 0 spiro atoms. The summed E-state index contributed by atoms with van der Waals surface area (Å²) >= 11 is 0. The number of rotatable bonds is 7. The third-order valence-corrected chi connectivity index (χ3v) is 4.99. The summed E-state index contributed by atoms with van der Waals surface area (Å²) in [5.74, 6) is -1.52. The van der Waals surface area contributed by atoms with E-state index in [1.165, 1.54) is 11.9 Å². The Bertz CT molecular complexity index is 1090. The van der Waals surface area contributed by atoms with Gasteiger partial charge >= 0.3 is 6.09 Å². The summed E-state index contributed by atoms with van der Waals surface area (Å²) in [6, 6.07) is 13.7. The number of nitrogens with one attached hydrogen (secondary N) is 1. The Kier molecular flexibility index (Phi) is 7.71. The van der Waals surface area contributed by atoms with E-state index in [4.69, 9.17) is 4.74 Å². The Hall–Kier alpha value is -3.81. The van der Waals surface area contributed by atoms with Crippen molar-refractivity contribution < 1.29 is 23.1 Å². The normalized spacial score (nSPS) is 11.7. The van der Waals surface area contributed by atoms with E-state index in [-0.39, 0.29) is 17.9 Å². The highest BCUT2D eigenvalue weighted by Crippen LogP contribution is 2.19. The van der Waals surface area contributed by atoms with Crippen LogP contribution in [0.15, 0.2) is 66.9 Å². The van der Waals surface area contributed by atoms with Gasteiger partial charge in [-0.1, -0.05) is 32.0 Å². The number of para-hydroxylation sites is 1. The van der Waals surface area contributed by atoms with Crippen molar-refractivity contribution in [1.82, 2.24) is 10.3 Å². The molecule has 1 heterocycles. The van der Waals surface area contributed by atoms with Crippen LogP contribution >= 0.6 is 0 Å². The van der Waals surface area contributed by atoms with Crippen molar-refractivity contribution >= 4 is 17.7 Å². The molecule has 3 rings (SSSR count). The van der Waals surface area contributed by atoms with Gasteiger partial charge in [0.15, 0.2) is 0 Å². The number of carbonyl (C=O) groups excluding carboxylic acids is 2. The Balaban J connectivity index is 1.82. The molecule has 0 unspecified atom stereocenters. The highest BCUT2D eigenvalue weighted by molar-refractivity contribution is 5.98. The number of amides is 2. The third kappa shape index (κ3) is 6.58. The van der Waals surface area contributed by atoms with Gasteiger partial charge in [-0.2, -0.15) is 0 Å². The second-order valence-corrected chi connectivity index (χ2v) is 7.87. The maximum absolute atomic E-state index is 13.7. The van der Waals surface area contributed by atoms with E-state index in [0.29, 0.717) is 11.4 Å². The number of benzene rings is 2. The quantitative estimate of drug-likeness (QED) is 0.555. The Morgan fingerprint density at radius 2 is 1.70 bits per heavy atom. The molecule has 0 bridgehead atoms. The van der Waals surface area contributed by atoms with Crippen LogP contribution in [0.25, 0.3) is 0 Å². The molecule has 0 fully saturated rings. The number of halogens is 2. The lowest BCUT2D eigenvalue weighted by molar-refractivity contribution is -0.120. The molecular weight excluding hydrogens is 428 g/mol. The van der Waals surface area contributed by atoms with Crippen LogP contribution in [-0.2, 0) is 11.2 Å². The summed E-state index contributed by atoms with van der Waals surface area (Å²) in [5.41, 5.74) is 1.60. The Morgan fingerprint density at radius 3 is 2.27 bits per heavy atom. The van der Waals surface area contributed by atoms with Crippen molar-refractivity contribution in [2.45, 2.75) is 32.2 Å². The molecule has 0 saturated carbocycles. The Morgan fingerprint density at radius 1 is 1.03 bits per heavy atom. The van der Waals surface area contributed by atoms with Crippen LogP contribution in [0.4, 0.5) is 19.3 Å². The first-order valence-corrected chi connectivity index (χ1v) is 10.4. The molecule has 172 valence electrons. The van der Waals surface area contributed by atoms with Crippen LogP contribution in [0.5, 0.6) is 5.75 Å². The molecule has 3 aromatic rings. The number of hydrogen-bond donors (Lipinski definition) is 1. The Labute approximate surface area is 191 Å². The second-order valence-electron chi connectivity index (χ2n) is 7.87. The number of pyridine rings is 1. The van der Waals surface area contributed by atoms with Gasteiger partial charge in [0.25, 0.3) is 0 Å². The molecular formula is C25H25F2N3O3. The van der Waals surface area contributed by atoms with Gasteiger partial charge in [0.05, 0.1) is 11.9 Å². The first-order valence-electron chi connectivity index (χ1n) is 10.4. The first-order chi connectivity index (χ1) is 15.7. The van der Waals surface area contributed by atoms with Gasteiger partial charge in [-0.05, 0) is 47.9 Å². The smallest absolute Gasteiger partial charge is 0.410 e. The average Bonchev–Trinajstić information content (AvgIpc) is 2.77. The summed E-state index contributed by atoms with van der Waals surface area (Å²) in [6.07, 6.45) is 0.561. The fourth-order valence-electron chi connectivity index (χ4n) is 3.23. The number of nitrogens with zero attached hydrogens (tertiary/aromatic N) is 2. The number of carbonyl (C=O) groups is 2. The van der Waals surface area contributed by atoms with Crippen molar-refractivity contribution in [3.63, 3.8) is 0 Å². The number of aromatic nitrogens is 1. The fourth-order valence-corrected chi connectivity index (χ4v) is 3.23. The van der Waals surface area contributed by atoms with E-state index in [1.807, 2.05) is 19.9 Å². The average molecular weight is 453 g/mol. The molecule has 0 radical (unpaired) electrons. The predicted octanol–water partition coefficient (Wildman–Crippen LogP) is 4.85. The van der Waals surface area contributed by atoms with Crippen LogP contribution in [0, 0.1) is 11.6 Å². The highest BCUT2D eigenvalue weighted by Gasteiger charge is 2.27. The van der Waals surface area contributed by atoms with E-state index in [9.17, 15) is 18.4 Å². The van der Waals surface area contributed by atoms with Gasteiger partial charge in [0.1, 0.15) is 23.4 Å². The lowest BCUT2D eigenvalue weighted by Crippen LogP contribution is -2.49. The molecule has 6 nitrogen and oxygen atoms in total. The molecule has 33 heavy (non-hydrogen) atoms. The maximum Gasteiger partial charge on any atom is 0.413 e. The number of ether oxygens (including phenoxy) is 1. The van der Waals surface area contributed by atoms with E-state index in [1.54, 1.807) is 42.6 Å². The molecule has 0 aliphatic carbocycles. The first kappa shape index (κ1) is 23.8. The van der Waals surface area contributed by atoms with Crippen molar-refractivity contribution in [3.8, 4) is 5.75 Å². The van der Waals surface area contributed by atoms with Crippen molar-refractivity contribution in [2.24, 2.45) is 0 Å². The topological polar surface area (TPSA) is 71.5 Å². The van der Waals surface area contributed by atoms with Crippen molar-refractivity contribution in [2.75, 3.05) is 11.9 Å². The number of anilines is 1. The minimum atomic E-state index is -1.14. The molecule has 1 atom stereocenters. The molecule has 0 aliphatic rings.